The van der Waals surface area contributed by atoms with E-state index in [4.69, 9.17) is 21.3 Å². The van der Waals surface area contributed by atoms with Crippen molar-refractivity contribution in [3.05, 3.63) is 53.4 Å². The van der Waals surface area contributed by atoms with E-state index >= 15 is 4.39 Å². The van der Waals surface area contributed by atoms with Gasteiger partial charge in [0.2, 0.25) is 0 Å². The molecule has 1 unspecified atom stereocenters. The molecule has 7 nitrogen and oxygen atoms in total. The number of halogens is 2. The smallest absolute Gasteiger partial charge is 0.319 e. The number of anilines is 1. The third-order valence-electron chi connectivity index (χ3n) is 8.76. The molecule has 1 N–H and O–H groups in total. The molecule has 208 valence electrons. The zero-order chi connectivity index (χ0) is 27.4. The Labute approximate surface area is 238 Å². The number of pyridine rings is 1. The van der Waals surface area contributed by atoms with Crippen LogP contribution in [0.5, 0.6) is 6.01 Å². The summed E-state index contributed by atoms with van der Waals surface area (Å²) in [4.78, 5) is 18.9. The Morgan fingerprint density at radius 1 is 1.07 bits per heavy atom. The lowest BCUT2D eigenvalue weighted by Gasteiger charge is -2.34. The highest BCUT2D eigenvalue weighted by molar-refractivity contribution is 6.36. The number of likely N-dealkylation sites (tertiary alicyclic amines) is 1. The summed E-state index contributed by atoms with van der Waals surface area (Å²) in [6, 6.07) is 13.2. The number of hydrogen-bond donors (Lipinski definition) is 1. The van der Waals surface area contributed by atoms with Crippen molar-refractivity contribution in [3.63, 3.8) is 0 Å². The molecule has 2 bridgehead atoms. The molecule has 2 aromatic carbocycles. The van der Waals surface area contributed by atoms with E-state index in [0.717, 1.165) is 56.1 Å². The molecule has 3 atom stereocenters. The molecule has 0 aliphatic carbocycles. The summed E-state index contributed by atoms with van der Waals surface area (Å²) in [6.45, 7) is 7.60. The van der Waals surface area contributed by atoms with Crippen LogP contribution in [0.2, 0.25) is 5.02 Å². The number of nitrogens with one attached hydrogen (secondary N) is 1. The largest absolute Gasteiger partial charge is 0.462 e. The fourth-order valence-corrected chi connectivity index (χ4v) is 7.15. The predicted octanol–water partition coefficient (Wildman–Crippen LogP) is 5.83. The van der Waals surface area contributed by atoms with Gasteiger partial charge >= 0.3 is 6.01 Å². The Bertz CT molecular complexity index is 1560. The fourth-order valence-electron chi connectivity index (χ4n) is 6.87. The molecule has 0 saturated carbocycles. The monoisotopic (exact) mass is 560 g/mol. The number of rotatable bonds is 6. The number of ether oxygens (including phenoxy) is 1. The summed E-state index contributed by atoms with van der Waals surface area (Å²) in [5, 5.41) is 6.54. The highest BCUT2D eigenvalue weighted by atomic mass is 35.5. The van der Waals surface area contributed by atoms with Gasteiger partial charge in [-0.2, -0.15) is 9.97 Å². The zero-order valence-electron chi connectivity index (χ0n) is 22.9. The normalized spacial score (nSPS) is 23.1. The van der Waals surface area contributed by atoms with Crippen molar-refractivity contribution < 1.29 is 9.13 Å². The van der Waals surface area contributed by atoms with E-state index in [9.17, 15) is 0 Å². The first-order chi connectivity index (χ1) is 19.5. The van der Waals surface area contributed by atoms with Crippen LogP contribution in [0.4, 0.5) is 10.2 Å². The minimum atomic E-state index is -0.485. The molecule has 9 heteroatoms. The molecule has 5 heterocycles. The van der Waals surface area contributed by atoms with Crippen LogP contribution in [-0.4, -0.2) is 70.3 Å². The molecule has 3 aliphatic rings. The summed E-state index contributed by atoms with van der Waals surface area (Å²) < 4.78 is 22.8. The van der Waals surface area contributed by atoms with Crippen molar-refractivity contribution >= 4 is 39.1 Å². The minimum absolute atomic E-state index is 0.219. The number of piperazine rings is 1. The maximum Gasteiger partial charge on any atom is 0.319 e. The number of hydrogen-bond acceptors (Lipinski definition) is 7. The van der Waals surface area contributed by atoms with Gasteiger partial charge in [0, 0.05) is 59.4 Å². The molecule has 40 heavy (non-hydrogen) atoms. The standard InChI is InChI=1S/C31H34ClFN6O/c1-18(2)39-13-5-8-22(39)17-40-31-36-29-24(30(37-31)38-15-20-11-12-21(16-38)35-20)14-34-28(27(29)33)23-9-3-6-19-7-4-10-25(32)26(19)23/h3-4,6-7,9-10,14,18,20-22,35H,5,8,11-13,15-17H2,1-2H3/t20-,21+,22?. The summed E-state index contributed by atoms with van der Waals surface area (Å²) in [7, 11) is 0. The highest BCUT2D eigenvalue weighted by Gasteiger charge is 2.34. The Balaban J connectivity index is 1.33. The van der Waals surface area contributed by atoms with E-state index in [1.165, 1.54) is 0 Å². The lowest BCUT2D eigenvalue weighted by molar-refractivity contribution is 0.138. The van der Waals surface area contributed by atoms with E-state index in [1.54, 1.807) is 6.20 Å². The molecule has 7 rings (SSSR count). The Morgan fingerprint density at radius 2 is 1.85 bits per heavy atom. The van der Waals surface area contributed by atoms with E-state index in [2.05, 4.69) is 38.9 Å². The molecule has 0 amide bonds. The van der Waals surface area contributed by atoms with Gasteiger partial charge in [0.1, 0.15) is 23.6 Å². The van der Waals surface area contributed by atoms with Crippen molar-refractivity contribution in [2.75, 3.05) is 31.1 Å². The number of benzene rings is 2. The first kappa shape index (κ1) is 25.9. The van der Waals surface area contributed by atoms with Crippen LogP contribution in [-0.2, 0) is 0 Å². The first-order valence-electron chi connectivity index (χ1n) is 14.4. The van der Waals surface area contributed by atoms with Gasteiger partial charge in [-0.3, -0.25) is 9.88 Å². The van der Waals surface area contributed by atoms with Gasteiger partial charge in [-0.25, -0.2) is 4.39 Å². The second kappa shape index (κ2) is 10.4. The molecule has 2 aromatic heterocycles. The molecule has 4 aromatic rings. The third-order valence-corrected chi connectivity index (χ3v) is 9.07. The fraction of sp³-hybridized carbons (Fsp3) is 0.452. The molecular formula is C31H34ClFN6O. The lowest BCUT2D eigenvalue weighted by atomic mass is 10.0. The van der Waals surface area contributed by atoms with Gasteiger partial charge in [-0.15, -0.1) is 0 Å². The van der Waals surface area contributed by atoms with Crippen molar-refractivity contribution in [2.45, 2.75) is 63.7 Å². The lowest BCUT2D eigenvalue weighted by Crippen LogP contribution is -2.51. The third kappa shape index (κ3) is 4.56. The van der Waals surface area contributed by atoms with Crippen LogP contribution in [0.25, 0.3) is 32.9 Å². The van der Waals surface area contributed by atoms with Gasteiger partial charge in [-0.1, -0.05) is 41.9 Å². The Morgan fingerprint density at radius 3 is 2.62 bits per heavy atom. The van der Waals surface area contributed by atoms with E-state index < -0.39 is 5.82 Å². The first-order valence-corrected chi connectivity index (χ1v) is 14.8. The average molecular weight is 561 g/mol. The topological polar surface area (TPSA) is 66.4 Å². The van der Waals surface area contributed by atoms with E-state index in [1.807, 2.05) is 36.4 Å². The summed E-state index contributed by atoms with van der Waals surface area (Å²) in [5.41, 5.74) is 1.10. The predicted molar refractivity (Wildman–Crippen MR) is 158 cm³/mol. The van der Waals surface area contributed by atoms with Crippen molar-refractivity contribution in [2.24, 2.45) is 0 Å². The SMILES string of the molecule is CC(C)N1CCCC1COc1nc(N2C[C@H]3CC[C@@H](C2)N3)c2cnc(-c3cccc4cccc(Cl)c34)c(F)c2n1. The Kier molecular flexibility index (Phi) is 6.72. The number of nitrogens with zero attached hydrogens (tertiary/aromatic N) is 5. The number of aromatic nitrogens is 3. The van der Waals surface area contributed by atoms with Crippen molar-refractivity contribution in [1.82, 2.24) is 25.2 Å². The zero-order valence-corrected chi connectivity index (χ0v) is 23.7. The molecule has 0 spiro atoms. The molecule has 3 aliphatic heterocycles. The van der Waals surface area contributed by atoms with Crippen LogP contribution < -0.4 is 15.0 Å². The summed E-state index contributed by atoms with van der Waals surface area (Å²) >= 11 is 6.59. The van der Waals surface area contributed by atoms with Gasteiger partial charge in [0.15, 0.2) is 5.82 Å². The molecule has 0 radical (unpaired) electrons. The van der Waals surface area contributed by atoms with Crippen LogP contribution in [0, 0.1) is 5.82 Å². The summed E-state index contributed by atoms with van der Waals surface area (Å²) in [6.07, 6.45) is 6.21. The average Bonchev–Trinajstić information content (AvgIpc) is 3.57. The second-order valence-corrected chi connectivity index (χ2v) is 12.0. The van der Waals surface area contributed by atoms with Crippen molar-refractivity contribution in [3.8, 4) is 17.3 Å². The van der Waals surface area contributed by atoms with Gasteiger partial charge in [0.05, 0.1) is 5.39 Å². The summed E-state index contributed by atoms with van der Waals surface area (Å²) in [5.74, 6) is 0.209. The number of fused-ring (bicyclic) bond motifs is 4. The highest BCUT2D eigenvalue weighted by Crippen LogP contribution is 2.38. The van der Waals surface area contributed by atoms with Gasteiger partial charge in [0.25, 0.3) is 0 Å². The quantitative estimate of drug-likeness (QED) is 0.318. The van der Waals surface area contributed by atoms with Gasteiger partial charge < -0.3 is 15.0 Å². The molecular weight excluding hydrogens is 527 g/mol. The van der Waals surface area contributed by atoms with E-state index in [-0.39, 0.29) is 17.2 Å². The minimum Gasteiger partial charge on any atom is -0.462 e. The van der Waals surface area contributed by atoms with Gasteiger partial charge in [-0.05, 0) is 57.5 Å². The maximum atomic E-state index is 16.5. The van der Waals surface area contributed by atoms with Crippen LogP contribution in [0.3, 0.4) is 0 Å². The van der Waals surface area contributed by atoms with Crippen molar-refractivity contribution in [1.29, 1.82) is 0 Å². The van der Waals surface area contributed by atoms with Crippen LogP contribution >= 0.6 is 11.6 Å². The van der Waals surface area contributed by atoms with Crippen LogP contribution in [0.15, 0.2) is 42.6 Å². The second-order valence-electron chi connectivity index (χ2n) is 11.6. The Hall–Kier alpha value is -3.07. The van der Waals surface area contributed by atoms with E-state index in [0.29, 0.717) is 52.6 Å². The molecule has 3 fully saturated rings. The maximum absolute atomic E-state index is 16.5. The molecule has 3 saturated heterocycles. The van der Waals surface area contributed by atoms with Crippen LogP contribution in [0.1, 0.15) is 39.5 Å².